The molecule has 0 aliphatic carbocycles. The fraction of sp³-hybridized carbons (Fsp3) is 0.600. The van der Waals surface area contributed by atoms with E-state index >= 15 is 0 Å². The van der Waals surface area contributed by atoms with Gasteiger partial charge in [-0.25, -0.2) is 25.9 Å². The number of halogens is 2. The summed E-state index contributed by atoms with van der Waals surface area (Å²) in [6.45, 7) is 4.87. The number of hydrogen-bond donors (Lipinski definition) is 3. The zero-order valence-corrected chi connectivity index (χ0v) is 17.1. The quantitative estimate of drug-likeness (QED) is 0.611. The molecule has 3 N–H and O–H groups in total. The number of rotatable bonds is 7. The number of benzene rings is 1. The van der Waals surface area contributed by atoms with Gasteiger partial charge in [-0.1, -0.05) is 0 Å². The molecule has 1 aliphatic heterocycles. The van der Waals surface area contributed by atoms with Crippen LogP contribution in [0.4, 0.5) is 10.1 Å². The molecule has 1 heterocycles. The van der Waals surface area contributed by atoms with Crippen molar-refractivity contribution in [3.8, 4) is 0 Å². The summed E-state index contributed by atoms with van der Waals surface area (Å²) in [5, 5.41) is 2.46. The molecule has 0 saturated carbocycles. The summed E-state index contributed by atoms with van der Waals surface area (Å²) in [7, 11) is -7.56. The van der Waals surface area contributed by atoms with Gasteiger partial charge in [0, 0.05) is 6.54 Å². The Labute approximate surface area is 160 Å². The Hall–Kier alpha value is -0.940. The van der Waals surface area contributed by atoms with Gasteiger partial charge in [-0.05, 0) is 63.9 Å². The molecular formula is C15H25ClFN3O4S2. The lowest BCUT2D eigenvalue weighted by molar-refractivity contribution is 0.376. The van der Waals surface area contributed by atoms with Crippen LogP contribution < -0.4 is 14.8 Å². The molecule has 26 heavy (non-hydrogen) atoms. The lowest BCUT2D eigenvalue weighted by Gasteiger charge is -2.22. The van der Waals surface area contributed by atoms with Crippen LogP contribution >= 0.6 is 12.4 Å². The second-order valence-electron chi connectivity index (χ2n) is 6.40. The monoisotopic (exact) mass is 429 g/mol. The number of piperidine rings is 1. The largest absolute Gasteiger partial charge is 0.316 e. The number of anilines is 1. The summed E-state index contributed by atoms with van der Waals surface area (Å²) in [6, 6.07) is 3.12. The molecule has 0 bridgehead atoms. The molecule has 1 aromatic carbocycles. The predicted molar refractivity (Wildman–Crippen MR) is 102 cm³/mol. The first-order chi connectivity index (χ1) is 11.6. The lowest BCUT2D eigenvalue weighted by Crippen LogP contribution is -2.38. The minimum Gasteiger partial charge on any atom is -0.316 e. The first-order valence-corrected chi connectivity index (χ1v) is 11.2. The highest BCUT2D eigenvalue weighted by Gasteiger charge is 2.22. The molecule has 150 valence electrons. The SMILES string of the molecule is CC(C)S(=O)(=O)Nc1ccc(S(=O)(=O)NCC2CCCNC2)cc1F.Cl. The molecule has 2 rings (SSSR count). The van der Waals surface area contributed by atoms with Gasteiger partial charge in [0.25, 0.3) is 0 Å². The van der Waals surface area contributed by atoms with Crippen LogP contribution in [0.2, 0.25) is 0 Å². The van der Waals surface area contributed by atoms with E-state index in [1.165, 1.54) is 19.9 Å². The first-order valence-electron chi connectivity index (χ1n) is 8.13. The van der Waals surface area contributed by atoms with E-state index in [9.17, 15) is 21.2 Å². The van der Waals surface area contributed by atoms with Gasteiger partial charge in [0.15, 0.2) is 0 Å². The summed E-state index contributed by atoms with van der Waals surface area (Å²) in [5.41, 5.74) is -0.274. The van der Waals surface area contributed by atoms with E-state index in [-0.39, 0.29) is 35.5 Å². The molecule has 1 saturated heterocycles. The zero-order chi connectivity index (χ0) is 18.7. The average molecular weight is 430 g/mol. The van der Waals surface area contributed by atoms with Gasteiger partial charge in [-0.3, -0.25) is 4.72 Å². The topological polar surface area (TPSA) is 104 Å². The predicted octanol–water partition coefficient (Wildman–Crippen LogP) is 1.68. The van der Waals surface area contributed by atoms with Crippen molar-refractivity contribution < 1.29 is 21.2 Å². The highest BCUT2D eigenvalue weighted by molar-refractivity contribution is 7.93. The summed E-state index contributed by atoms with van der Waals surface area (Å²) in [4.78, 5) is -0.235. The van der Waals surface area contributed by atoms with Crippen LogP contribution in [-0.2, 0) is 20.0 Å². The van der Waals surface area contributed by atoms with Crippen LogP contribution in [0, 0.1) is 11.7 Å². The maximum atomic E-state index is 14.1. The molecule has 1 fully saturated rings. The van der Waals surface area contributed by atoms with E-state index in [0.29, 0.717) is 0 Å². The molecule has 1 aliphatic rings. The molecule has 7 nitrogen and oxygen atoms in total. The smallest absolute Gasteiger partial charge is 0.240 e. The maximum Gasteiger partial charge on any atom is 0.240 e. The number of nitrogens with one attached hydrogen (secondary N) is 3. The van der Waals surface area contributed by atoms with Crippen LogP contribution in [0.15, 0.2) is 23.1 Å². The first kappa shape index (κ1) is 23.1. The Morgan fingerprint density at radius 3 is 2.50 bits per heavy atom. The minimum absolute atomic E-state index is 0. The van der Waals surface area contributed by atoms with Crippen molar-refractivity contribution in [3.63, 3.8) is 0 Å². The fourth-order valence-corrected chi connectivity index (χ4v) is 4.26. The molecule has 1 atom stereocenters. The number of hydrogen-bond acceptors (Lipinski definition) is 5. The van der Waals surface area contributed by atoms with E-state index < -0.39 is 31.1 Å². The minimum atomic E-state index is -3.85. The fourth-order valence-electron chi connectivity index (χ4n) is 2.43. The normalized spacial score (nSPS) is 18.4. The van der Waals surface area contributed by atoms with Gasteiger partial charge in [0.1, 0.15) is 5.82 Å². The Kier molecular flexibility index (Phi) is 8.28. The van der Waals surface area contributed by atoms with Crippen LogP contribution in [0.25, 0.3) is 0 Å². The summed E-state index contributed by atoms with van der Waals surface area (Å²) < 4.78 is 66.9. The third kappa shape index (κ3) is 6.05. The molecule has 11 heteroatoms. The summed E-state index contributed by atoms with van der Waals surface area (Å²) in [5.74, 6) is -0.739. The molecule has 1 aromatic rings. The lowest BCUT2D eigenvalue weighted by atomic mass is 10.0. The van der Waals surface area contributed by atoms with Crippen molar-refractivity contribution in [1.29, 1.82) is 0 Å². The van der Waals surface area contributed by atoms with E-state index in [4.69, 9.17) is 0 Å². The Morgan fingerprint density at radius 1 is 1.27 bits per heavy atom. The van der Waals surface area contributed by atoms with Crippen molar-refractivity contribution in [1.82, 2.24) is 10.0 Å². The van der Waals surface area contributed by atoms with E-state index in [0.717, 1.165) is 38.1 Å². The van der Waals surface area contributed by atoms with Crippen molar-refractivity contribution in [2.24, 2.45) is 5.92 Å². The highest BCUT2D eigenvalue weighted by Crippen LogP contribution is 2.21. The van der Waals surface area contributed by atoms with Crippen LogP contribution in [0.3, 0.4) is 0 Å². The third-order valence-electron chi connectivity index (χ3n) is 4.08. The Bertz CT molecular complexity index is 810. The van der Waals surface area contributed by atoms with Crippen LogP contribution in [-0.4, -0.2) is 41.7 Å². The van der Waals surface area contributed by atoms with Gasteiger partial charge in [0.05, 0.1) is 15.8 Å². The molecule has 0 amide bonds. The van der Waals surface area contributed by atoms with Crippen molar-refractivity contribution in [2.75, 3.05) is 24.4 Å². The number of sulfonamides is 2. The highest BCUT2D eigenvalue weighted by atomic mass is 35.5. The van der Waals surface area contributed by atoms with Crippen LogP contribution in [0.1, 0.15) is 26.7 Å². The van der Waals surface area contributed by atoms with E-state index in [1.807, 2.05) is 0 Å². The summed E-state index contributed by atoms with van der Waals surface area (Å²) in [6.07, 6.45) is 1.92. The van der Waals surface area contributed by atoms with Gasteiger partial charge in [-0.15, -0.1) is 12.4 Å². The van der Waals surface area contributed by atoms with E-state index in [1.54, 1.807) is 0 Å². The summed E-state index contributed by atoms with van der Waals surface area (Å²) >= 11 is 0. The van der Waals surface area contributed by atoms with Crippen LogP contribution in [0.5, 0.6) is 0 Å². The van der Waals surface area contributed by atoms with Gasteiger partial charge >= 0.3 is 0 Å². The molecule has 0 aromatic heterocycles. The van der Waals surface area contributed by atoms with Crippen molar-refractivity contribution in [2.45, 2.75) is 36.8 Å². The van der Waals surface area contributed by atoms with Gasteiger partial charge < -0.3 is 5.32 Å². The molecule has 1 unspecified atom stereocenters. The van der Waals surface area contributed by atoms with Crippen molar-refractivity contribution >= 4 is 38.1 Å². The Balaban J connectivity index is 0.00000338. The Morgan fingerprint density at radius 2 is 1.96 bits per heavy atom. The third-order valence-corrected chi connectivity index (χ3v) is 7.25. The molecule has 0 spiro atoms. The van der Waals surface area contributed by atoms with Gasteiger partial charge in [0.2, 0.25) is 20.0 Å². The maximum absolute atomic E-state index is 14.1. The zero-order valence-electron chi connectivity index (χ0n) is 14.7. The average Bonchev–Trinajstić information content (AvgIpc) is 2.55. The van der Waals surface area contributed by atoms with E-state index in [2.05, 4.69) is 14.8 Å². The molecular weight excluding hydrogens is 405 g/mol. The standard InChI is InChI=1S/C15H24FN3O4S2.ClH/c1-11(2)24(20,21)19-15-6-5-13(8-14(15)16)25(22,23)18-10-12-4-3-7-17-9-12;/h5-6,8,11-12,17-19H,3-4,7,9-10H2,1-2H3;1H. The molecule has 0 radical (unpaired) electrons. The second-order valence-corrected chi connectivity index (χ2v) is 10.4. The van der Waals surface area contributed by atoms with Crippen molar-refractivity contribution in [3.05, 3.63) is 24.0 Å². The second kappa shape index (κ2) is 9.32. The van der Waals surface area contributed by atoms with Gasteiger partial charge in [-0.2, -0.15) is 0 Å².